The minimum absolute atomic E-state index is 0.238. The van der Waals surface area contributed by atoms with Crippen LogP contribution in [0.15, 0.2) is 0 Å². The highest BCUT2D eigenvalue weighted by Gasteiger charge is 2.21. The van der Waals surface area contributed by atoms with E-state index < -0.39 is 18.0 Å². The number of ether oxygens (including phenoxy) is 1. The molecule has 1 saturated heterocycles. The second kappa shape index (κ2) is 7.93. The lowest BCUT2D eigenvalue weighted by Gasteiger charge is -2.32. The Morgan fingerprint density at radius 3 is 2.47 bits per heavy atom. The molecule has 8 heteroatoms. The van der Waals surface area contributed by atoms with Crippen LogP contribution in [-0.2, 0) is 9.53 Å². The average Bonchev–Trinajstić information content (AvgIpc) is 2.37. The predicted octanol–water partition coefficient (Wildman–Crippen LogP) is -1.06. The number of hydrazine groups is 1. The van der Waals surface area contributed by atoms with Crippen LogP contribution in [0, 0.1) is 0 Å². The third-order valence-corrected chi connectivity index (χ3v) is 2.98. The molecule has 0 aromatic rings. The van der Waals surface area contributed by atoms with Gasteiger partial charge in [-0.25, -0.2) is 14.6 Å². The molecule has 1 unspecified atom stereocenters. The Morgan fingerprint density at radius 2 is 1.95 bits per heavy atom. The van der Waals surface area contributed by atoms with Crippen LogP contribution in [0.2, 0.25) is 0 Å². The van der Waals surface area contributed by atoms with Crippen molar-refractivity contribution in [2.45, 2.75) is 12.5 Å². The first-order chi connectivity index (χ1) is 9.02. The van der Waals surface area contributed by atoms with Gasteiger partial charge in [0.1, 0.15) is 6.04 Å². The first-order valence-electron chi connectivity index (χ1n) is 6.25. The number of aliphatic carboxylic acids is 1. The topological polar surface area (TPSA) is 94.1 Å². The summed E-state index contributed by atoms with van der Waals surface area (Å²) in [5.74, 6) is -1.06. The van der Waals surface area contributed by atoms with Gasteiger partial charge in [-0.2, -0.15) is 0 Å². The van der Waals surface area contributed by atoms with Gasteiger partial charge in [-0.1, -0.05) is 0 Å². The number of carbonyl (C=O) groups is 2. The molecule has 0 aromatic carbocycles. The summed E-state index contributed by atoms with van der Waals surface area (Å²) in [6.45, 7) is 3.46. The van der Waals surface area contributed by atoms with Crippen molar-refractivity contribution in [1.29, 1.82) is 0 Å². The average molecular weight is 274 g/mol. The second-order valence-corrected chi connectivity index (χ2v) is 4.55. The van der Waals surface area contributed by atoms with Gasteiger partial charge >= 0.3 is 12.0 Å². The lowest BCUT2D eigenvalue weighted by Crippen LogP contribution is -2.57. The van der Waals surface area contributed by atoms with Crippen LogP contribution in [0.25, 0.3) is 0 Å². The molecule has 19 heavy (non-hydrogen) atoms. The number of carboxylic acids is 1. The summed E-state index contributed by atoms with van der Waals surface area (Å²) in [6.07, 6.45) is 0.238. The van der Waals surface area contributed by atoms with Crippen LogP contribution >= 0.6 is 0 Å². The highest BCUT2D eigenvalue weighted by molar-refractivity contribution is 5.82. The van der Waals surface area contributed by atoms with Gasteiger partial charge in [-0.05, 0) is 7.05 Å². The van der Waals surface area contributed by atoms with Crippen molar-refractivity contribution >= 4 is 12.0 Å². The second-order valence-electron chi connectivity index (χ2n) is 4.55. The van der Waals surface area contributed by atoms with E-state index in [0.717, 1.165) is 26.2 Å². The normalized spacial score (nSPS) is 18.8. The summed E-state index contributed by atoms with van der Waals surface area (Å²) in [4.78, 5) is 24.8. The zero-order chi connectivity index (χ0) is 14.3. The van der Waals surface area contributed by atoms with Gasteiger partial charge in [-0.15, -0.1) is 0 Å². The fourth-order valence-electron chi connectivity index (χ4n) is 1.75. The van der Waals surface area contributed by atoms with Crippen LogP contribution < -0.4 is 10.7 Å². The maximum Gasteiger partial charge on any atom is 0.330 e. The van der Waals surface area contributed by atoms with Gasteiger partial charge in [-0.3, -0.25) is 5.43 Å². The van der Waals surface area contributed by atoms with Gasteiger partial charge in [0, 0.05) is 46.3 Å². The quantitative estimate of drug-likeness (QED) is 0.571. The van der Waals surface area contributed by atoms with Crippen LogP contribution in [0.4, 0.5) is 4.79 Å². The molecule has 0 saturated carbocycles. The maximum atomic E-state index is 11.7. The zero-order valence-electron chi connectivity index (χ0n) is 11.4. The van der Waals surface area contributed by atoms with Gasteiger partial charge in [0.05, 0.1) is 0 Å². The zero-order valence-corrected chi connectivity index (χ0v) is 11.4. The van der Waals surface area contributed by atoms with Gasteiger partial charge in [0.15, 0.2) is 0 Å². The van der Waals surface area contributed by atoms with E-state index in [1.165, 1.54) is 7.11 Å². The number of hydrogen-bond acceptors (Lipinski definition) is 5. The van der Waals surface area contributed by atoms with E-state index in [1.807, 2.05) is 7.05 Å². The fraction of sp³-hybridized carbons (Fsp3) is 0.818. The number of piperazine rings is 1. The molecule has 1 aliphatic heterocycles. The predicted molar refractivity (Wildman–Crippen MR) is 68.7 cm³/mol. The molecule has 1 heterocycles. The minimum Gasteiger partial charge on any atom is -0.480 e. The third kappa shape index (κ3) is 5.86. The Labute approximate surface area is 112 Å². The number of nitrogens with one attached hydrogen (secondary N) is 2. The minimum atomic E-state index is -1.06. The highest BCUT2D eigenvalue weighted by Crippen LogP contribution is 1.97. The Hall–Kier alpha value is -1.38. The van der Waals surface area contributed by atoms with Crippen LogP contribution in [-0.4, -0.2) is 80.0 Å². The molecular formula is C11H22N4O4. The number of carboxylic acid groups (broad SMARTS) is 1. The first kappa shape index (κ1) is 15.7. The van der Waals surface area contributed by atoms with Crippen molar-refractivity contribution < 1.29 is 19.4 Å². The summed E-state index contributed by atoms with van der Waals surface area (Å²) in [7, 11) is 3.51. The summed E-state index contributed by atoms with van der Waals surface area (Å²) in [5.41, 5.74) is 2.65. The van der Waals surface area contributed by atoms with Crippen molar-refractivity contribution in [3.05, 3.63) is 0 Å². The number of amides is 2. The molecule has 110 valence electrons. The summed E-state index contributed by atoms with van der Waals surface area (Å²) in [5, 5.41) is 13.2. The smallest absolute Gasteiger partial charge is 0.330 e. The van der Waals surface area contributed by atoms with E-state index in [0.29, 0.717) is 0 Å². The Bertz CT molecular complexity index is 305. The van der Waals surface area contributed by atoms with Crippen LogP contribution in [0.5, 0.6) is 0 Å². The lowest BCUT2D eigenvalue weighted by atomic mass is 10.2. The van der Waals surface area contributed by atoms with E-state index in [-0.39, 0.29) is 13.0 Å². The number of nitrogens with zero attached hydrogens (tertiary/aromatic N) is 2. The molecule has 0 spiro atoms. The monoisotopic (exact) mass is 274 g/mol. The lowest BCUT2D eigenvalue weighted by molar-refractivity contribution is -0.139. The molecule has 0 aliphatic carbocycles. The van der Waals surface area contributed by atoms with Crippen LogP contribution in [0.3, 0.4) is 0 Å². The van der Waals surface area contributed by atoms with Crippen molar-refractivity contribution in [3.8, 4) is 0 Å². The van der Waals surface area contributed by atoms with E-state index in [4.69, 9.17) is 9.84 Å². The summed E-state index contributed by atoms with van der Waals surface area (Å²) in [6, 6.07) is -1.43. The number of rotatable bonds is 6. The van der Waals surface area contributed by atoms with Crippen molar-refractivity contribution in [2.24, 2.45) is 0 Å². The number of likely N-dealkylation sites (N-methyl/N-ethyl adjacent to an activating group) is 1. The summed E-state index contributed by atoms with van der Waals surface area (Å²) < 4.78 is 4.81. The Balaban J connectivity index is 2.33. The Morgan fingerprint density at radius 1 is 1.32 bits per heavy atom. The van der Waals surface area contributed by atoms with Gasteiger partial charge in [0.25, 0.3) is 0 Å². The molecule has 0 radical (unpaired) electrons. The Kier molecular flexibility index (Phi) is 6.54. The van der Waals surface area contributed by atoms with E-state index in [2.05, 4.69) is 15.6 Å². The first-order valence-corrected chi connectivity index (χ1v) is 6.25. The molecule has 1 atom stereocenters. The van der Waals surface area contributed by atoms with E-state index in [1.54, 1.807) is 5.01 Å². The molecule has 0 aromatic heterocycles. The maximum absolute atomic E-state index is 11.7. The number of hydrogen-bond donors (Lipinski definition) is 3. The SMILES string of the molecule is COCCC(NC(=O)NN1CCN(C)CC1)C(=O)O. The van der Waals surface area contributed by atoms with Crippen molar-refractivity contribution in [1.82, 2.24) is 20.7 Å². The number of carbonyl (C=O) groups excluding carboxylic acids is 1. The molecule has 1 aliphatic rings. The van der Waals surface area contributed by atoms with Gasteiger partial charge < -0.3 is 20.1 Å². The van der Waals surface area contributed by atoms with Crippen molar-refractivity contribution in [3.63, 3.8) is 0 Å². The highest BCUT2D eigenvalue weighted by atomic mass is 16.5. The molecule has 0 bridgehead atoms. The molecule has 3 N–H and O–H groups in total. The number of urea groups is 1. The van der Waals surface area contributed by atoms with E-state index >= 15 is 0 Å². The van der Waals surface area contributed by atoms with E-state index in [9.17, 15) is 9.59 Å². The molecule has 1 fully saturated rings. The molecule has 2 amide bonds. The van der Waals surface area contributed by atoms with Crippen LogP contribution in [0.1, 0.15) is 6.42 Å². The standard InChI is InChI=1S/C11H22N4O4/c1-14-4-6-15(7-5-14)13-11(18)12-9(10(16)17)3-8-19-2/h9H,3-8H2,1-2H3,(H,16,17)(H2,12,13,18). The fourth-order valence-corrected chi connectivity index (χ4v) is 1.75. The number of methoxy groups -OCH3 is 1. The largest absolute Gasteiger partial charge is 0.480 e. The van der Waals surface area contributed by atoms with Gasteiger partial charge in [0.2, 0.25) is 0 Å². The summed E-state index contributed by atoms with van der Waals surface area (Å²) >= 11 is 0. The molecule has 8 nitrogen and oxygen atoms in total. The molecule has 1 rings (SSSR count). The third-order valence-electron chi connectivity index (χ3n) is 2.98. The molecular weight excluding hydrogens is 252 g/mol. The van der Waals surface area contributed by atoms with Crippen molar-refractivity contribution in [2.75, 3.05) is 46.9 Å².